The molecule has 0 spiro atoms. The monoisotopic (exact) mass is 1060 g/mol. The number of allylic oxidation sites excluding steroid dienone is 2. The van der Waals surface area contributed by atoms with E-state index in [0.29, 0.717) is 6.42 Å². The molecule has 1 radical (unpaired) electrons. The molecule has 2 heterocycles. The number of carbonyl (C=O) groups excluding carboxylic acids is 1. The smallest absolute Gasteiger partial charge is 0.162 e. The molecule has 0 aliphatic heterocycles. The molecular formula is C55H71FIrN2O2Si2-2. The van der Waals surface area contributed by atoms with Gasteiger partial charge < -0.3 is 15.1 Å². The molecule has 1 unspecified atom stereocenters. The third kappa shape index (κ3) is 14.2. The number of nitrogens with zero attached hydrogens (tertiary/aromatic N) is 2. The standard InChI is InChI=1S/2C21H24NSi.C13H23FO2.Ir/c2*1-14-9-15(2)11-18(10-14)21-19-12-16(3)20(23(4,5)6)13-17(19)7-8-22-21;1-4-10(5-2)12(15)9-13(16)11(6-3)7-8-14;/h2*7-10,12-13H,1-6H3;9-11,16H,4-8H2,1-3H3;/q2*-1;;/b;;13-9-;/i2*7D,8D;;. The number of aliphatic hydroxyl groups is 1. The van der Waals surface area contributed by atoms with Gasteiger partial charge in [0.05, 0.1) is 34.1 Å². The Bertz CT molecular complexity index is 2560. The topological polar surface area (TPSA) is 63.1 Å². The molecule has 4 aromatic carbocycles. The first kappa shape index (κ1) is 46.9. The number of benzene rings is 4. The molecule has 0 aliphatic rings. The number of ketones is 1. The van der Waals surface area contributed by atoms with Gasteiger partial charge in [0.15, 0.2) is 5.78 Å². The van der Waals surface area contributed by atoms with Crippen LogP contribution in [0.25, 0.3) is 44.1 Å². The van der Waals surface area contributed by atoms with E-state index >= 15 is 0 Å². The van der Waals surface area contributed by atoms with E-state index < -0.39 is 22.8 Å². The van der Waals surface area contributed by atoms with Crippen LogP contribution >= 0.6 is 0 Å². The molecule has 0 saturated heterocycles. The van der Waals surface area contributed by atoms with Crippen LogP contribution in [0.3, 0.4) is 0 Å². The van der Waals surface area contributed by atoms with Crippen LogP contribution < -0.4 is 10.4 Å². The van der Waals surface area contributed by atoms with Crippen LogP contribution in [-0.4, -0.2) is 43.7 Å². The van der Waals surface area contributed by atoms with Crippen LogP contribution in [-0.2, 0) is 24.9 Å². The molecule has 0 fully saturated rings. The molecule has 4 nitrogen and oxygen atoms in total. The van der Waals surface area contributed by atoms with Gasteiger partial charge in [-0.15, -0.1) is 69.8 Å². The molecule has 0 bridgehead atoms. The fraction of sp³-hybridized carbons (Fsp3) is 0.400. The van der Waals surface area contributed by atoms with E-state index in [0.717, 1.165) is 79.2 Å². The van der Waals surface area contributed by atoms with Crippen molar-refractivity contribution in [1.29, 1.82) is 0 Å². The number of pyridine rings is 2. The molecule has 0 saturated carbocycles. The summed E-state index contributed by atoms with van der Waals surface area (Å²) < 4.78 is 45.3. The van der Waals surface area contributed by atoms with Crippen LogP contribution in [0.2, 0.25) is 39.3 Å². The quantitative estimate of drug-likeness (QED) is 0.0574. The summed E-state index contributed by atoms with van der Waals surface area (Å²) in [7, 11) is -3.05. The Morgan fingerprint density at radius 3 is 1.41 bits per heavy atom. The summed E-state index contributed by atoms with van der Waals surface area (Å²) in [5.41, 5.74) is 10.2. The third-order valence-corrected chi connectivity index (χ3v) is 15.7. The van der Waals surface area contributed by atoms with Crippen molar-refractivity contribution in [1.82, 2.24) is 9.97 Å². The van der Waals surface area contributed by atoms with Crippen molar-refractivity contribution in [3.8, 4) is 22.5 Å². The predicted octanol–water partition coefficient (Wildman–Crippen LogP) is 14.2. The summed E-state index contributed by atoms with van der Waals surface area (Å²) in [5, 5.41) is 15.9. The van der Waals surface area contributed by atoms with Crippen molar-refractivity contribution in [2.75, 3.05) is 6.67 Å². The summed E-state index contributed by atoms with van der Waals surface area (Å²) in [6, 6.07) is 24.0. The van der Waals surface area contributed by atoms with Gasteiger partial charge in [-0.2, -0.15) is 0 Å². The minimum atomic E-state index is -1.52. The van der Waals surface area contributed by atoms with Gasteiger partial charge in [-0.25, -0.2) is 0 Å². The Morgan fingerprint density at radius 1 is 0.683 bits per heavy atom. The number of halogens is 1. The van der Waals surface area contributed by atoms with Crippen LogP contribution in [0.1, 0.15) is 85.3 Å². The summed E-state index contributed by atoms with van der Waals surface area (Å²) in [4.78, 5) is 20.6. The van der Waals surface area contributed by atoms with Crippen LogP contribution in [0.4, 0.5) is 4.39 Å². The van der Waals surface area contributed by atoms with Crippen LogP contribution in [0.15, 0.2) is 84.8 Å². The zero-order valence-electron chi connectivity index (χ0n) is 44.3. The molecule has 63 heavy (non-hydrogen) atoms. The van der Waals surface area contributed by atoms with Gasteiger partial charge in [-0.3, -0.25) is 9.18 Å². The number of aryl methyl sites for hydroxylation is 6. The molecule has 1 atom stereocenters. The zero-order chi connectivity index (χ0) is 49.6. The number of hydrogen-bond donors (Lipinski definition) is 1. The van der Waals surface area contributed by atoms with E-state index in [-0.39, 0.29) is 74.3 Å². The summed E-state index contributed by atoms with van der Waals surface area (Å²) >= 11 is 0. The van der Waals surface area contributed by atoms with Gasteiger partial charge in [-0.1, -0.05) is 134 Å². The van der Waals surface area contributed by atoms with Gasteiger partial charge in [-0.05, 0) is 84.5 Å². The summed E-state index contributed by atoms with van der Waals surface area (Å²) in [6.45, 7) is 31.6. The summed E-state index contributed by atoms with van der Waals surface area (Å²) in [5.74, 6) is -0.245. The maximum Gasteiger partial charge on any atom is 0.162 e. The van der Waals surface area contributed by atoms with Crippen LogP contribution in [0, 0.1) is 65.5 Å². The minimum Gasteiger partial charge on any atom is -0.512 e. The second-order valence-electron chi connectivity index (χ2n) is 18.9. The van der Waals surface area contributed by atoms with E-state index in [1.54, 1.807) is 0 Å². The van der Waals surface area contributed by atoms with Crippen molar-refractivity contribution >= 4 is 53.8 Å². The average Bonchev–Trinajstić information content (AvgIpc) is 3.21. The molecule has 339 valence electrons. The van der Waals surface area contributed by atoms with Crippen molar-refractivity contribution in [2.45, 2.75) is 127 Å². The number of alkyl halides is 1. The average molecular weight is 1060 g/mol. The molecule has 1 N–H and O–H groups in total. The van der Waals surface area contributed by atoms with Crippen molar-refractivity contribution < 1.29 is 39.9 Å². The van der Waals surface area contributed by atoms with Crippen molar-refractivity contribution in [3.05, 3.63) is 130 Å². The van der Waals surface area contributed by atoms with E-state index in [4.69, 9.17) is 5.48 Å². The van der Waals surface area contributed by atoms with E-state index in [9.17, 15) is 14.3 Å². The fourth-order valence-electron chi connectivity index (χ4n) is 8.26. The Labute approximate surface area is 400 Å². The first-order valence-corrected chi connectivity index (χ1v) is 29.1. The summed E-state index contributed by atoms with van der Waals surface area (Å²) in [6.07, 6.45) is 3.85. The molecular weight excluding hydrogens is 988 g/mol. The molecule has 8 heteroatoms. The number of aliphatic hydroxyl groups excluding tert-OH is 1. The number of carbonyl (C=O) groups is 1. The molecule has 0 aliphatic carbocycles. The van der Waals surface area contributed by atoms with Gasteiger partial charge in [0.1, 0.15) is 0 Å². The number of aromatic nitrogens is 2. The second-order valence-corrected chi connectivity index (χ2v) is 29.0. The molecule has 6 rings (SSSR count). The van der Waals surface area contributed by atoms with Crippen molar-refractivity contribution in [3.63, 3.8) is 0 Å². The number of rotatable bonds is 12. The van der Waals surface area contributed by atoms with E-state index in [1.807, 2.05) is 34.6 Å². The van der Waals surface area contributed by atoms with Gasteiger partial charge in [0.2, 0.25) is 0 Å². The Kier molecular flexibility index (Phi) is 17.3. The number of fused-ring (bicyclic) bond motifs is 2. The third-order valence-electron chi connectivity index (χ3n) is 11.4. The molecule has 6 aromatic rings. The minimum absolute atomic E-state index is 0. The van der Waals surface area contributed by atoms with Gasteiger partial charge in [0, 0.05) is 50.4 Å². The SMILES string of the molecule is CCC(CC)C(=O)/C=C(\O)C(CC)CCF.[2H]c1nc(-c2[c-]c(C)cc(C)c2)c2cc(C)c([Si](C)(C)C)cc2c1[2H].[2H]c1nc(-c2[c-]c(C)cc(C)c2)c2cc(C)c([Si](C)(C)C)cc2c1[2H].[Ir]. The van der Waals surface area contributed by atoms with Gasteiger partial charge >= 0.3 is 0 Å². The first-order chi connectivity index (χ1) is 30.7. The molecule has 2 aromatic heterocycles. The first-order valence-electron chi connectivity index (χ1n) is 24.1. The maximum absolute atomic E-state index is 12.2. The second kappa shape index (κ2) is 23.2. The molecule has 0 amide bonds. The van der Waals surface area contributed by atoms with Gasteiger partial charge in [0.25, 0.3) is 0 Å². The Balaban J connectivity index is 0.000000273. The Hall–Kier alpha value is -4.08. The maximum atomic E-state index is 12.2. The van der Waals surface area contributed by atoms with Crippen LogP contribution in [0.5, 0.6) is 0 Å². The Morgan fingerprint density at radius 2 is 1.08 bits per heavy atom. The van der Waals surface area contributed by atoms with E-state index in [2.05, 4.69) is 138 Å². The predicted molar refractivity (Wildman–Crippen MR) is 271 cm³/mol. The fourth-order valence-corrected chi connectivity index (χ4v) is 11.9. The number of hydrogen-bond acceptors (Lipinski definition) is 4. The zero-order valence-corrected chi connectivity index (χ0v) is 44.7. The van der Waals surface area contributed by atoms with E-state index in [1.165, 1.54) is 27.6 Å². The normalized spacial score (nSPS) is 13.2. The van der Waals surface area contributed by atoms with Crippen molar-refractivity contribution in [2.24, 2.45) is 11.8 Å². The largest absolute Gasteiger partial charge is 0.512 e.